The van der Waals surface area contributed by atoms with Gasteiger partial charge in [0, 0.05) is 0 Å². The van der Waals surface area contributed by atoms with E-state index in [2.05, 4.69) is 30.3 Å². The number of amides is 1. The van der Waals surface area contributed by atoms with Gasteiger partial charge in [-0.15, -0.1) is 0 Å². The monoisotopic (exact) mass is 287 g/mol. The lowest BCUT2D eigenvalue weighted by Gasteiger charge is -2.10. The van der Waals surface area contributed by atoms with Crippen LogP contribution in [0, 0.1) is 0 Å². The summed E-state index contributed by atoms with van der Waals surface area (Å²) < 4.78 is 0. The Bertz CT molecular complexity index is 794. The van der Waals surface area contributed by atoms with E-state index < -0.39 is 0 Å². The average Bonchev–Trinajstić information content (AvgIpc) is 2.56. The lowest BCUT2D eigenvalue weighted by molar-refractivity contribution is -0.117. The fourth-order valence-corrected chi connectivity index (χ4v) is 2.64. The third-order valence-corrected chi connectivity index (χ3v) is 3.66. The molecule has 0 saturated heterocycles. The second kappa shape index (κ2) is 6.27. The summed E-state index contributed by atoms with van der Waals surface area (Å²) in [5.74, 6) is -0.313. The van der Waals surface area contributed by atoms with Gasteiger partial charge in [0.2, 0.25) is 5.91 Å². The van der Waals surface area contributed by atoms with Crippen molar-refractivity contribution in [2.75, 3.05) is 0 Å². The van der Waals surface area contributed by atoms with Crippen LogP contribution in [0.3, 0.4) is 0 Å². The number of nitrogens with two attached hydrogens (primary N) is 1. The summed E-state index contributed by atoms with van der Waals surface area (Å²) in [5.41, 5.74) is 10.8. The number of rotatable bonds is 4. The topological polar surface area (TPSA) is 43.1 Å². The Morgan fingerprint density at radius 1 is 0.727 bits per heavy atom. The molecule has 0 heterocycles. The van der Waals surface area contributed by atoms with Gasteiger partial charge in [-0.1, -0.05) is 72.8 Å². The zero-order chi connectivity index (χ0) is 15.4. The van der Waals surface area contributed by atoms with Crippen molar-refractivity contribution in [3.05, 3.63) is 84.4 Å². The molecule has 2 nitrogen and oxygen atoms in total. The Kier molecular flexibility index (Phi) is 4.01. The molecule has 0 spiro atoms. The third kappa shape index (κ3) is 3.07. The minimum absolute atomic E-state index is 0.256. The Morgan fingerprint density at radius 3 is 2.14 bits per heavy atom. The van der Waals surface area contributed by atoms with Crippen LogP contribution in [0.4, 0.5) is 0 Å². The van der Waals surface area contributed by atoms with Crippen LogP contribution in [-0.2, 0) is 11.2 Å². The zero-order valence-electron chi connectivity index (χ0n) is 12.2. The molecule has 0 unspecified atom stereocenters. The van der Waals surface area contributed by atoms with Gasteiger partial charge in [-0.3, -0.25) is 4.79 Å². The van der Waals surface area contributed by atoms with Gasteiger partial charge in [-0.2, -0.15) is 0 Å². The first-order chi connectivity index (χ1) is 10.7. The lowest BCUT2D eigenvalue weighted by Crippen LogP contribution is -2.14. The molecule has 22 heavy (non-hydrogen) atoms. The highest BCUT2D eigenvalue weighted by Gasteiger charge is 2.08. The summed E-state index contributed by atoms with van der Waals surface area (Å²) in [4.78, 5) is 11.3. The van der Waals surface area contributed by atoms with Crippen LogP contribution in [-0.4, -0.2) is 5.91 Å². The number of hydrogen-bond donors (Lipinski definition) is 1. The van der Waals surface area contributed by atoms with Crippen LogP contribution in [0.2, 0.25) is 0 Å². The fraction of sp³-hybridized carbons (Fsp3) is 0.0500. The predicted octanol–water partition coefficient (Wildman–Crippen LogP) is 4.05. The van der Waals surface area contributed by atoms with Crippen LogP contribution in [0.5, 0.6) is 0 Å². The molecule has 0 atom stereocenters. The number of benzene rings is 3. The first kappa shape index (κ1) is 14.1. The second-order valence-corrected chi connectivity index (χ2v) is 5.25. The van der Waals surface area contributed by atoms with Gasteiger partial charge in [-0.05, 0) is 33.9 Å². The molecular formula is C20H17NO. The summed E-state index contributed by atoms with van der Waals surface area (Å²) in [6.07, 6.45) is 0.256. The first-order valence-corrected chi connectivity index (χ1v) is 7.26. The fourth-order valence-electron chi connectivity index (χ4n) is 2.64. The molecule has 0 bridgehead atoms. The van der Waals surface area contributed by atoms with E-state index in [1.807, 2.05) is 48.5 Å². The average molecular weight is 287 g/mol. The minimum atomic E-state index is -0.313. The van der Waals surface area contributed by atoms with Crippen molar-refractivity contribution in [3.63, 3.8) is 0 Å². The van der Waals surface area contributed by atoms with E-state index in [0.717, 1.165) is 22.3 Å². The molecule has 0 aliphatic carbocycles. The summed E-state index contributed by atoms with van der Waals surface area (Å²) >= 11 is 0. The Labute approximate surface area is 130 Å². The van der Waals surface area contributed by atoms with Crippen LogP contribution in [0.1, 0.15) is 5.56 Å². The highest BCUT2D eigenvalue weighted by atomic mass is 16.1. The van der Waals surface area contributed by atoms with E-state index in [-0.39, 0.29) is 12.3 Å². The molecule has 0 aliphatic rings. The molecule has 2 N–H and O–H groups in total. The molecule has 0 aliphatic heterocycles. The third-order valence-electron chi connectivity index (χ3n) is 3.66. The van der Waals surface area contributed by atoms with E-state index in [1.54, 1.807) is 0 Å². The second-order valence-electron chi connectivity index (χ2n) is 5.25. The maximum atomic E-state index is 11.3. The van der Waals surface area contributed by atoms with Gasteiger partial charge in [0.15, 0.2) is 0 Å². The van der Waals surface area contributed by atoms with Gasteiger partial charge >= 0.3 is 0 Å². The highest BCUT2D eigenvalue weighted by Crippen LogP contribution is 2.28. The van der Waals surface area contributed by atoms with Gasteiger partial charge in [0.25, 0.3) is 0 Å². The standard InChI is InChI=1S/C20H17NO/c21-20(22)14-18-9-4-5-12-19(18)17-11-6-10-16(13-17)15-7-2-1-3-8-15/h1-13H,14H2,(H2,21,22). The van der Waals surface area contributed by atoms with Crippen LogP contribution >= 0.6 is 0 Å². The smallest absolute Gasteiger partial charge is 0.221 e. The van der Waals surface area contributed by atoms with E-state index in [4.69, 9.17) is 5.73 Å². The summed E-state index contributed by atoms with van der Waals surface area (Å²) in [5, 5.41) is 0. The van der Waals surface area contributed by atoms with Gasteiger partial charge < -0.3 is 5.73 Å². The van der Waals surface area contributed by atoms with Crippen molar-refractivity contribution in [2.24, 2.45) is 5.73 Å². The van der Waals surface area contributed by atoms with E-state index in [9.17, 15) is 4.79 Å². The SMILES string of the molecule is NC(=O)Cc1ccccc1-c1cccc(-c2ccccc2)c1. The van der Waals surface area contributed by atoms with Gasteiger partial charge in [0.1, 0.15) is 0 Å². The summed E-state index contributed by atoms with van der Waals surface area (Å²) in [6.45, 7) is 0. The normalized spacial score (nSPS) is 10.4. The predicted molar refractivity (Wildman–Crippen MR) is 90.2 cm³/mol. The van der Waals surface area contributed by atoms with E-state index in [0.29, 0.717) is 0 Å². The lowest BCUT2D eigenvalue weighted by atomic mass is 9.94. The molecule has 3 aromatic carbocycles. The Hall–Kier alpha value is -2.87. The van der Waals surface area contributed by atoms with Crippen LogP contribution in [0.15, 0.2) is 78.9 Å². The Morgan fingerprint density at radius 2 is 1.36 bits per heavy atom. The summed E-state index contributed by atoms with van der Waals surface area (Å²) in [7, 11) is 0. The molecule has 0 radical (unpaired) electrons. The molecule has 3 rings (SSSR count). The maximum absolute atomic E-state index is 11.3. The maximum Gasteiger partial charge on any atom is 0.221 e. The van der Waals surface area contributed by atoms with Crippen LogP contribution in [0.25, 0.3) is 22.3 Å². The van der Waals surface area contributed by atoms with E-state index >= 15 is 0 Å². The number of carbonyl (C=O) groups excluding carboxylic acids is 1. The number of hydrogen-bond acceptors (Lipinski definition) is 1. The van der Waals surface area contributed by atoms with Crippen molar-refractivity contribution in [1.29, 1.82) is 0 Å². The number of primary amides is 1. The highest BCUT2D eigenvalue weighted by molar-refractivity contribution is 5.81. The molecule has 2 heteroatoms. The summed E-state index contributed by atoms with van der Waals surface area (Å²) in [6, 6.07) is 26.5. The van der Waals surface area contributed by atoms with Crippen LogP contribution < -0.4 is 5.73 Å². The Balaban J connectivity index is 2.05. The first-order valence-electron chi connectivity index (χ1n) is 7.26. The molecule has 0 fully saturated rings. The van der Waals surface area contributed by atoms with Gasteiger partial charge in [-0.25, -0.2) is 0 Å². The molecular weight excluding hydrogens is 270 g/mol. The molecule has 0 saturated carbocycles. The van der Waals surface area contributed by atoms with Crippen molar-refractivity contribution >= 4 is 5.91 Å². The van der Waals surface area contributed by atoms with Crippen molar-refractivity contribution in [3.8, 4) is 22.3 Å². The van der Waals surface area contributed by atoms with Gasteiger partial charge in [0.05, 0.1) is 6.42 Å². The largest absolute Gasteiger partial charge is 0.369 e. The molecule has 108 valence electrons. The quantitative estimate of drug-likeness (QED) is 0.773. The molecule has 3 aromatic rings. The zero-order valence-corrected chi connectivity index (χ0v) is 12.2. The van der Waals surface area contributed by atoms with Crippen molar-refractivity contribution in [2.45, 2.75) is 6.42 Å². The minimum Gasteiger partial charge on any atom is -0.369 e. The molecule has 1 amide bonds. The number of carbonyl (C=O) groups is 1. The van der Waals surface area contributed by atoms with Crippen molar-refractivity contribution in [1.82, 2.24) is 0 Å². The molecule has 0 aromatic heterocycles. The van der Waals surface area contributed by atoms with Crippen molar-refractivity contribution < 1.29 is 4.79 Å². The van der Waals surface area contributed by atoms with E-state index in [1.165, 1.54) is 5.56 Å².